The van der Waals surface area contributed by atoms with Crippen molar-refractivity contribution in [2.75, 3.05) is 30.4 Å². The number of nitrogens with zero attached hydrogens (tertiary/aromatic N) is 15. The van der Waals surface area contributed by atoms with Crippen molar-refractivity contribution in [1.82, 2.24) is 72.3 Å². The molecule has 8 aliphatic carbocycles. The number of ether oxygens (including phenoxy) is 1. The highest BCUT2D eigenvalue weighted by molar-refractivity contribution is 5.84. The molecule has 8 bridgehead atoms. The van der Waals surface area contributed by atoms with E-state index in [2.05, 4.69) is 35.8 Å². The van der Waals surface area contributed by atoms with Gasteiger partial charge in [0.25, 0.3) is 0 Å². The molecule has 73 heavy (non-hydrogen) atoms. The third-order valence-electron chi connectivity index (χ3n) is 18.7. The van der Waals surface area contributed by atoms with Gasteiger partial charge in [0.15, 0.2) is 22.6 Å². The number of rotatable bonds is 9. The molecule has 5 unspecified atom stereocenters. The molecule has 17 rings (SSSR count). The maximum absolute atomic E-state index is 15.8. The van der Waals surface area contributed by atoms with E-state index in [9.17, 15) is 9.90 Å². The summed E-state index contributed by atoms with van der Waals surface area (Å²) in [5.41, 5.74) is 5.02. The zero-order chi connectivity index (χ0) is 49.3. The number of aromatic nitrogens is 14. The van der Waals surface area contributed by atoms with Crippen molar-refractivity contribution in [3.05, 3.63) is 81.7 Å². The van der Waals surface area contributed by atoms with Gasteiger partial charge in [-0.3, -0.25) is 23.1 Å². The van der Waals surface area contributed by atoms with Crippen LogP contribution in [0.5, 0.6) is 0 Å². The lowest BCUT2D eigenvalue weighted by molar-refractivity contribution is -0.173. The molecule has 376 valence electrons. The Hall–Kier alpha value is -7.07. The molecule has 9 fully saturated rings. The van der Waals surface area contributed by atoms with Gasteiger partial charge in [-0.1, -0.05) is 0 Å². The summed E-state index contributed by atoms with van der Waals surface area (Å²) in [6.07, 6.45) is 18.7. The molecule has 8 aromatic heterocycles. The highest BCUT2D eigenvalue weighted by atomic mass is 16.5. The summed E-state index contributed by atoms with van der Waals surface area (Å²) in [5.74, 6) is 1.97. The number of aliphatic hydroxyl groups excluding tert-OH is 1. The van der Waals surface area contributed by atoms with Gasteiger partial charge in [0.2, 0.25) is 17.8 Å². The summed E-state index contributed by atoms with van der Waals surface area (Å²) in [4.78, 5) is 76.3. The lowest BCUT2D eigenvalue weighted by atomic mass is 9.46. The summed E-state index contributed by atoms with van der Waals surface area (Å²) in [5, 5.41) is 26.8. The minimum atomic E-state index is -0.713. The zero-order valence-corrected chi connectivity index (χ0v) is 41.1. The van der Waals surface area contributed by atoms with Crippen LogP contribution in [0.1, 0.15) is 81.8 Å². The molecule has 3 N–H and O–H groups in total. The monoisotopic (exact) mass is 987 g/mol. The Labute approximate surface area is 416 Å². The zero-order valence-electron chi connectivity index (χ0n) is 41.1. The molecule has 9 aliphatic rings. The first kappa shape index (κ1) is 43.5. The Kier molecular flexibility index (Phi) is 9.09. The second kappa shape index (κ2) is 15.2. The number of hydrogen-bond donors (Lipinski definition) is 3. The van der Waals surface area contributed by atoms with E-state index in [1.165, 1.54) is 12.7 Å². The van der Waals surface area contributed by atoms with E-state index in [4.69, 9.17) is 19.7 Å². The van der Waals surface area contributed by atoms with Crippen LogP contribution >= 0.6 is 0 Å². The molecule has 22 nitrogen and oxygen atoms in total. The standard InChI is InChI=1S/C51H57N17O5/c1-27-6-39-54-25-56-65(39)21-35(27)58-45-52-18-37-42(60-45)67(47(71)62(37)3)51-14-30-8-31(15-51)12-49(11-30,24-51)44(70)63-4-5-73-23-34(63)20-64-38-19-53-46(59-36-22-66-40(7-28(36)2)55-26-57-66)61-43(38)68(48(64)72)50-13-29-9-32(16-50)41(69)33(10-29)17-50/h6-7,18-19,21-22,25-26,29-34,41,69H,4-5,8-17,20,23-24H2,1-3H3,(H,52,58,60)(H,53,59,61). The number of anilines is 4. The van der Waals surface area contributed by atoms with E-state index in [0.717, 1.165) is 85.2 Å². The van der Waals surface area contributed by atoms with Crippen LogP contribution in [0.2, 0.25) is 0 Å². The molecule has 9 heterocycles. The Morgan fingerprint density at radius 3 is 1.97 bits per heavy atom. The SMILES string of the molecule is Cc1cc2ncnn2cc1Nc1ncc2c(n1)n(C13CC4CC(CC(C(=O)N5CCOCC5Cn5c(=O)n(C67CC8CC(C6)C(O)C(C8)C7)c6nc(Nc7cn8ncnc8cc7C)ncc65)(C4)C1)C3)c(=O)n2C. The quantitative estimate of drug-likeness (QED) is 0.182. The third-order valence-corrected chi connectivity index (χ3v) is 18.7. The fourth-order valence-corrected chi connectivity index (χ4v) is 16.3. The molecule has 1 aliphatic heterocycles. The van der Waals surface area contributed by atoms with E-state index in [1.807, 2.05) is 52.4 Å². The number of carbonyl (C=O) groups is 1. The number of pyridine rings is 2. The number of morpholine rings is 1. The molecule has 22 heteroatoms. The summed E-state index contributed by atoms with van der Waals surface area (Å²) in [6.45, 7) is 5.23. The van der Waals surface area contributed by atoms with Gasteiger partial charge in [0, 0.05) is 13.6 Å². The lowest BCUT2D eigenvalue weighted by Crippen LogP contribution is -2.64. The first-order valence-electron chi connectivity index (χ1n) is 26.0. The predicted octanol–water partition coefficient (Wildman–Crippen LogP) is 4.35. The normalized spacial score (nSPS) is 31.2. The molecule has 1 saturated heterocycles. The van der Waals surface area contributed by atoms with Crippen molar-refractivity contribution in [1.29, 1.82) is 0 Å². The van der Waals surface area contributed by atoms with E-state index >= 15 is 9.59 Å². The average Bonchev–Trinajstić information content (AvgIpc) is 4.14. The van der Waals surface area contributed by atoms with Crippen molar-refractivity contribution >= 4 is 62.8 Å². The number of carbonyl (C=O) groups excluding carboxylic acids is 1. The van der Waals surface area contributed by atoms with E-state index in [0.29, 0.717) is 72.6 Å². The van der Waals surface area contributed by atoms with Crippen molar-refractivity contribution in [2.24, 2.45) is 42.1 Å². The van der Waals surface area contributed by atoms with Crippen LogP contribution in [0, 0.1) is 48.9 Å². The number of fused-ring (bicyclic) bond motifs is 4. The summed E-state index contributed by atoms with van der Waals surface area (Å²) in [6, 6.07) is 3.44. The molecule has 0 aromatic carbocycles. The number of aryl methyl sites for hydroxylation is 3. The topological polar surface area (TPSA) is 240 Å². The molecular formula is C51H57N17O5. The summed E-state index contributed by atoms with van der Waals surface area (Å²) in [7, 11) is 1.77. The molecule has 1 amide bonds. The van der Waals surface area contributed by atoms with E-state index in [1.54, 1.807) is 37.6 Å². The first-order valence-corrected chi connectivity index (χ1v) is 26.0. The lowest BCUT2D eigenvalue weighted by Gasteiger charge is -2.62. The maximum Gasteiger partial charge on any atom is 0.330 e. The molecular weight excluding hydrogens is 931 g/mol. The van der Waals surface area contributed by atoms with E-state index < -0.39 is 22.5 Å². The molecule has 8 aromatic rings. The Balaban J connectivity index is 0.780. The fourth-order valence-electron chi connectivity index (χ4n) is 16.3. The van der Waals surface area contributed by atoms with Gasteiger partial charge in [0.1, 0.15) is 23.7 Å². The van der Waals surface area contributed by atoms with E-state index in [-0.39, 0.29) is 60.2 Å². The number of nitrogens with one attached hydrogen (secondary N) is 2. The van der Waals surface area contributed by atoms with Gasteiger partial charge in [-0.15, -0.1) is 0 Å². The average molecular weight is 988 g/mol. The van der Waals surface area contributed by atoms with Crippen LogP contribution in [0.25, 0.3) is 33.6 Å². The van der Waals surface area contributed by atoms with Gasteiger partial charge in [-0.25, -0.2) is 38.6 Å². The van der Waals surface area contributed by atoms with Gasteiger partial charge < -0.3 is 25.4 Å². The summed E-state index contributed by atoms with van der Waals surface area (Å²) < 4.78 is 16.9. The minimum absolute atomic E-state index is 0.0813. The molecule has 5 atom stereocenters. The smallest absolute Gasteiger partial charge is 0.330 e. The van der Waals surface area contributed by atoms with Crippen molar-refractivity contribution < 1.29 is 14.6 Å². The van der Waals surface area contributed by atoms with Gasteiger partial charge in [0.05, 0.1) is 84.6 Å². The largest absolute Gasteiger partial charge is 0.393 e. The highest BCUT2D eigenvalue weighted by Crippen LogP contribution is 2.65. The van der Waals surface area contributed by atoms with Gasteiger partial charge >= 0.3 is 11.4 Å². The summed E-state index contributed by atoms with van der Waals surface area (Å²) >= 11 is 0. The second-order valence-electron chi connectivity index (χ2n) is 23.2. The Morgan fingerprint density at radius 2 is 1.33 bits per heavy atom. The van der Waals surface area contributed by atoms with Crippen LogP contribution in [0.4, 0.5) is 23.3 Å². The molecule has 8 saturated carbocycles. The van der Waals surface area contributed by atoms with Crippen molar-refractivity contribution in [2.45, 2.75) is 114 Å². The second-order valence-corrected chi connectivity index (χ2v) is 23.2. The van der Waals surface area contributed by atoms with Crippen molar-refractivity contribution in [3.63, 3.8) is 0 Å². The van der Waals surface area contributed by atoms with Crippen LogP contribution in [-0.4, -0.2) is 115 Å². The van der Waals surface area contributed by atoms with Crippen molar-refractivity contribution in [3.8, 4) is 0 Å². The number of imidazole rings is 2. The number of hydrogen-bond acceptors (Lipinski definition) is 15. The van der Waals surface area contributed by atoms with Crippen LogP contribution < -0.4 is 22.0 Å². The number of amides is 1. The molecule has 0 radical (unpaired) electrons. The Morgan fingerprint density at radius 1 is 0.740 bits per heavy atom. The number of aliphatic hydroxyl groups is 1. The van der Waals surface area contributed by atoms with Crippen LogP contribution in [0.15, 0.2) is 59.2 Å². The van der Waals surface area contributed by atoms with Crippen LogP contribution in [0.3, 0.4) is 0 Å². The molecule has 0 spiro atoms. The minimum Gasteiger partial charge on any atom is -0.393 e. The van der Waals surface area contributed by atoms with Gasteiger partial charge in [-0.05, 0) is 137 Å². The Bertz CT molecular complexity index is 3720. The van der Waals surface area contributed by atoms with Gasteiger partial charge in [-0.2, -0.15) is 20.2 Å². The third kappa shape index (κ3) is 6.37. The fraction of sp³-hybridized carbons (Fsp3) is 0.549. The van der Waals surface area contributed by atoms with Crippen LogP contribution in [-0.2, 0) is 34.2 Å². The first-order chi connectivity index (χ1) is 35.3. The highest BCUT2D eigenvalue weighted by Gasteiger charge is 2.63. The predicted molar refractivity (Wildman–Crippen MR) is 266 cm³/mol. The maximum atomic E-state index is 15.8.